The number of furan rings is 1. The highest BCUT2D eigenvalue weighted by Crippen LogP contribution is 2.26. The fourth-order valence-corrected chi connectivity index (χ4v) is 5.33. The van der Waals surface area contributed by atoms with E-state index in [1.807, 2.05) is 19.2 Å². The Bertz CT molecular complexity index is 871. The number of piperazine rings is 1. The van der Waals surface area contributed by atoms with Gasteiger partial charge < -0.3 is 14.6 Å². The SMILES string of the molecule is CN1CCN(S(=O)(=O)c2ccc(NCC(c3ccco3)N3CCCC3)nc2)CC1. The van der Waals surface area contributed by atoms with Crippen molar-refractivity contribution in [2.45, 2.75) is 23.8 Å². The highest BCUT2D eigenvalue weighted by Gasteiger charge is 2.28. The third-order valence-electron chi connectivity index (χ3n) is 5.77. The molecule has 8 nitrogen and oxygen atoms in total. The van der Waals surface area contributed by atoms with E-state index in [9.17, 15) is 8.42 Å². The number of nitrogens with zero attached hydrogens (tertiary/aromatic N) is 4. The first-order chi connectivity index (χ1) is 14.0. The van der Waals surface area contributed by atoms with Gasteiger partial charge in [0.2, 0.25) is 10.0 Å². The van der Waals surface area contributed by atoms with Crippen LogP contribution in [0.25, 0.3) is 0 Å². The van der Waals surface area contributed by atoms with Gasteiger partial charge in [-0.25, -0.2) is 13.4 Å². The van der Waals surface area contributed by atoms with Crippen molar-refractivity contribution in [3.8, 4) is 0 Å². The Hall–Kier alpha value is -1.94. The zero-order valence-electron chi connectivity index (χ0n) is 16.8. The van der Waals surface area contributed by atoms with E-state index in [-0.39, 0.29) is 10.9 Å². The minimum Gasteiger partial charge on any atom is -0.468 e. The molecular formula is C20H29N5O3S. The summed E-state index contributed by atoms with van der Waals surface area (Å²) >= 11 is 0. The van der Waals surface area contributed by atoms with Gasteiger partial charge in [-0.2, -0.15) is 4.31 Å². The van der Waals surface area contributed by atoms with Crippen LogP contribution >= 0.6 is 0 Å². The smallest absolute Gasteiger partial charge is 0.244 e. The number of pyridine rings is 1. The molecule has 1 atom stereocenters. The molecule has 0 bridgehead atoms. The van der Waals surface area contributed by atoms with Gasteiger partial charge in [-0.3, -0.25) is 4.90 Å². The van der Waals surface area contributed by atoms with Crippen LogP contribution in [0.1, 0.15) is 24.6 Å². The van der Waals surface area contributed by atoms with E-state index in [0.29, 0.717) is 25.5 Å². The minimum absolute atomic E-state index is 0.142. The Morgan fingerprint density at radius 2 is 1.86 bits per heavy atom. The van der Waals surface area contributed by atoms with Crippen molar-refractivity contribution < 1.29 is 12.8 Å². The summed E-state index contributed by atoms with van der Waals surface area (Å²) in [6.45, 7) is 5.29. The van der Waals surface area contributed by atoms with Crippen molar-refractivity contribution in [1.82, 2.24) is 19.1 Å². The van der Waals surface area contributed by atoms with Crippen molar-refractivity contribution in [2.24, 2.45) is 0 Å². The standard InChI is InChI=1S/C20H29N5O3S/c1-23-10-12-25(13-11-23)29(26,27)17-6-7-20(21-15-17)22-16-18(19-5-4-14-28-19)24-8-2-3-9-24/h4-7,14-15,18H,2-3,8-13,16H2,1H3,(H,21,22). The Morgan fingerprint density at radius 1 is 1.10 bits per heavy atom. The quantitative estimate of drug-likeness (QED) is 0.733. The Balaban J connectivity index is 1.41. The second-order valence-electron chi connectivity index (χ2n) is 7.74. The third kappa shape index (κ3) is 4.63. The number of hydrogen-bond donors (Lipinski definition) is 1. The largest absolute Gasteiger partial charge is 0.468 e. The molecule has 0 aliphatic carbocycles. The molecule has 2 aromatic heterocycles. The summed E-state index contributed by atoms with van der Waals surface area (Å²) in [6, 6.07) is 7.44. The lowest BCUT2D eigenvalue weighted by molar-refractivity contribution is 0.222. The lowest BCUT2D eigenvalue weighted by Crippen LogP contribution is -2.47. The highest BCUT2D eigenvalue weighted by molar-refractivity contribution is 7.89. The molecule has 1 N–H and O–H groups in total. The van der Waals surface area contributed by atoms with Crippen molar-refractivity contribution in [2.75, 3.05) is 58.2 Å². The lowest BCUT2D eigenvalue weighted by Gasteiger charge is -2.31. The van der Waals surface area contributed by atoms with Gasteiger partial charge >= 0.3 is 0 Å². The number of aromatic nitrogens is 1. The van der Waals surface area contributed by atoms with Crippen LogP contribution in [-0.2, 0) is 10.0 Å². The number of nitrogens with one attached hydrogen (secondary N) is 1. The average Bonchev–Trinajstić information content (AvgIpc) is 3.44. The van der Waals surface area contributed by atoms with E-state index in [2.05, 4.69) is 20.1 Å². The molecule has 2 fully saturated rings. The molecule has 2 saturated heterocycles. The first kappa shape index (κ1) is 20.3. The molecule has 29 heavy (non-hydrogen) atoms. The summed E-state index contributed by atoms with van der Waals surface area (Å²) in [7, 11) is -1.48. The monoisotopic (exact) mass is 419 g/mol. The predicted octanol–water partition coefficient (Wildman–Crippen LogP) is 1.86. The molecule has 0 aromatic carbocycles. The second kappa shape index (κ2) is 8.83. The van der Waals surface area contributed by atoms with Gasteiger partial charge in [-0.05, 0) is 57.2 Å². The first-order valence-corrected chi connectivity index (χ1v) is 11.6. The summed E-state index contributed by atoms with van der Waals surface area (Å²) in [5, 5.41) is 3.35. The number of likely N-dealkylation sites (N-methyl/N-ethyl adjacent to an activating group) is 1. The van der Waals surface area contributed by atoms with Gasteiger partial charge in [0.1, 0.15) is 16.5 Å². The molecule has 2 aliphatic heterocycles. The van der Waals surface area contributed by atoms with Crippen LogP contribution in [0.3, 0.4) is 0 Å². The maximum absolute atomic E-state index is 12.8. The maximum atomic E-state index is 12.8. The van der Waals surface area contributed by atoms with Crippen molar-refractivity contribution in [3.05, 3.63) is 42.5 Å². The van der Waals surface area contributed by atoms with Gasteiger partial charge in [0, 0.05) is 38.9 Å². The molecule has 0 spiro atoms. The van der Waals surface area contributed by atoms with E-state index < -0.39 is 10.0 Å². The normalized spacial score (nSPS) is 20.7. The Kier molecular flexibility index (Phi) is 6.19. The lowest BCUT2D eigenvalue weighted by atomic mass is 10.2. The Morgan fingerprint density at radius 3 is 2.48 bits per heavy atom. The number of sulfonamides is 1. The van der Waals surface area contributed by atoms with Crippen molar-refractivity contribution >= 4 is 15.8 Å². The molecule has 4 heterocycles. The molecule has 0 radical (unpaired) electrons. The molecule has 0 amide bonds. The molecule has 9 heteroatoms. The van der Waals surface area contributed by atoms with Crippen LogP contribution in [-0.4, -0.2) is 80.4 Å². The number of rotatable bonds is 7. The highest BCUT2D eigenvalue weighted by atomic mass is 32.2. The molecular weight excluding hydrogens is 390 g/mol. The zero-order chi connectivity index (χ0) is 20.3. The van der Waals surface area contributed by atoms with Crippen molar-refractivity contribution in [3.63, 3.8) is 0 Å². The van der Waals surface area contributed by atoms with E-state index >= 15 is 0 Å². The molecule has 4 rings (SSSR count). The van der Waals surface area contributed by atoms with Gasteiger partial charge in [0.25, 0.3) is 0 Å². The van der Waals surface area contributed by atoms with Crippen LogP contribution < -0.4 is 5.32 Å². The summed E-state index contributed by atoms with van der Waals surface area (Å²) < 4.78 is 32.8. The fraction of sp³-hybridized carbons (Fsp3) is 0.550. The van der Waals surface area contributed by atoms with E-state index in [4.69, 9.17) is 4.42 Å². The topological polar surface area (TPSA) is 81.9 Å². The summed E-state index contributed by atoms with van der Waals surface area (Å²) in [5.74, 6) is 1.60. The van der Waals surface area contributed by atoms with Crippen LogP contribution in [0.15, 0.2) is 46.0 Å². The van der Waals surface area contributed by atoms with Gasteiger partial charge in [-0.15, -0.1) is 0 Å². The van der Waals surface area contributed by atoms with E-state index in [1.54, 1.807) is 18.4 Å². The van der Waals surface area contributed by atoms with Gasteiger partial charge in [0.15, 0.2) is 0 Å². The number of likely N-dealkylation sites (tertiary alicyclic amines) is 1. The summed E-state index contributed by atoms with van der Waals surface area (Å²) in [5.41, 5.74) is 0. The summed E-state index contributed by atoms with van der Waals surface area (Å²) in [4.78, 5) is 9.15. The van der Waals surface area contributed by atoms with E-state index in [0.717, 1.165) is 31.9 Å². The van der Waals surface area contributed by atoms with Gasteiger partial charge in [0.05, 0.1) is 12.3 Å². The van der Waals surface area contributed by atoms with Crippen LogP contribution in [0.5, 0.6) is 0 Å². The second-order valence-corrected chi connectivity index (χ2v) is 9.68. The van der Waals surface area contributed by atoms with Gasteiger partial charge in [-0.1, -0.05) is 0 Å². The molecule has 1 unspecified atom stereocenters. The number of hydrogen-bond acceptors (Lipinski definition) is 7. The Labute approximate surface area is 172 Å². The first-order valence-electron chi connectivity index (χ1n) is 10.2. The molecule has 158 valence electrons. The minimum atomic E-state index is -3.49. The maximum Gasteiger partial charge on any atom is 0.244 e. The number of anilines is 1. The summed E-state index contributed by atoms with van der Waals surface area (Å²) in [6.07, 6.45) is 5.56. The zero-order valence-corrected chi connectivity index (χ0v) is 17.6. The van der Waals surface area contributed by atoms with E-state index in [1.165, 1.54) is 23.3 Å². The molecule has 2 aliphatic rings. The van der Waals surface area contributed by atoms with Crippen LogP contribution in [0.2, 0.25) is 0 Å². The fourth-order valence-electron chi connectivity index (χ4n) is 3.96. The molecule has 2 aromatic rings. The molecule has 0 saturated carbocycles. The van der Waals surface area contributed by atoms with Crippen LogP contribution in [0, 0.1) is 0 Å². The van der Waals surface area contributed by atoms with Crippen molar-refractivity contribution in [1.29, 1.82) is 0 Å². The van der Waals surface area contributed by atoms with Crippen LogP contribution in [0.4, 0.5) is 5.82 Å². The predicted molar refractivity (Wildman–Crippen MR) is 111 cm³/mol. The third-order valence-corrected chi connectivity index (χ3v) is 7.65. The average molecular weight is 420 g/mol.